The molecule has 0 amide bonds. The number of thioether (sulfide) groups is 1. The van der Waals surface area contributed by atoms with Crippen LogP contribution in [0.5, 0.6) is 0 Å². The minimum Gasteiger partial charge on any atom is -0.303 e. The summed E-state index contributed by atoms with van der Waals surface area (Å²) in [5.41, 5.74) is 3.30. The number of hydrogen-bond donors (Lipinski definition) is 0. The second-order valence-electron chi connectivity index (χ2n) is 8.83. The molecule has 1 aliphatic rings. The van der Waals surface area contributed by atoms with Crippen LogP contribution in [-0.4, -0.2) is 62.4 Å². The molecule has 0 aromatic heterocycles. The summed E-state index contributed by atoms with van der Waals surface area (Å²) in [6.07, 6.45) is 14.2. The first kappa shape index (κ1) is 27.9. The van der Waals surface area contributed by atoms with Crippen molar-refractivity contribution in [2.75, 3.05) is 39.5 Å². The SMILES string of the molecule is C=C/C(=C\C=C(/C)S(=O)(=O)N(C)CCCC(CC)SC)c1ccc(CCN2CCCC2)cc1. The highest BCUT2D eigenvalue weighted by Crippen LogP contribution is 2.21. The number of nitrogens with zero attached hydrogens (tertiary/aromatic N) is 2. The molecule has 0 bridgehead atoms. The largest absolute Gasteiger partial charge is 0.303 e. The predicted molar refractivity (Wildman–Crippen MR) is 146 cm³/mol. The number of allylic oxidation sites excluding steroid dienone is 5. The van der Waals surface area contributed by atoms with Gasteiger partial charge >= 0.3 is 0 Å². The van der Waals surface area contributed by atoms with Gasteiger partial charge in [-0.15, -0.1) is 0 Å². The zero-order chi connectivity index (χ0) is 24.3. The number of likely N-dealkylation sites (tertiary alicyclic amines) is 1. The van der Waals surface area contributed by atoms with E-state index in [1.807, 2.05) is 17.8 Å². The molecule has 1 aromatic carbocycles. The van der Waals surface area contributed by atoms with E-state index in [2.05, 4.69) is 48.9 Å². The van der Waals surface area contributed by atoms with Gasteiger partial charge in [0.25, 0.3) is 0 Å². The van der Waals surface area contributed by atoms with Gasteiger partial charge in [0.1, 0.15) is 0 Å². The molecule has 1 heterocycles. The molecule has 1 atom stereocenters. The van der Waals surface area contributed by atoms with Gasteiger partial charge in [-0.25, -0.2) is 12.7 Å². The minimum atomic E-state index is -3.45. The van der Waals surface area contributed by atoms with Gasteiger partial charge < -0.3 is 4.90 Å². The monoisotopic (exact) mass is 490 g/mol. The van der Waals surface area contributed by atoms with E-state index in [1.165, 1.54) is 35.8 Å². The van der Waals surface area contributed by atoms with Crippen LogP contribution in [0.4, 0.5) is 0 Å². The Morgan fingerprint density at radius 3 is 2.45 bits per heavy atom. The van der Waals surface area contributed by atoms with Crippen molar-refractivity contribution in [2.24, 2.45) is 0 Å². The second kappa shape index (κ2) is 14.1. The summed E-state index contributed by atoms with van der Waals surface area (Å²) in [5.74, 6) is 0. The predicted octanol–water partition coefficient (Wildman–Crippen LogP) is 5.98. The third-order valence-electron chi connectivity index (χ3n) is 6.53. The quantitative estimate of drug-likeness (QED) is 0.301. The molecule has 33 heavy (non-hydrogen) atoms. The maximum absolute atomic E-state index is 12.9. The molecule has 1 aliphatic heterocycles. The molecule has 1 saturated heterocycles. The van der Waals surface area contributed by atoms with Crippen LogP contribution < -0.4 is 0 Å². The Balaban J connectivity index is 1.99. The molecule has 1 fully saturated rings. The number of benzene rings is 1. The van der Waals surface area contributed by atoms with Gasteiger partial charge in [0.15, 0.2) is 0 Å². The second-order valence-corrected chi connectivity index (χ2v) is 12.2. The smallest absolute Gasteiger partial charge is 0.238 e. The van der Waals surface area contributed by atoms with Crippen LogP contribution in [0, 0.1) is 0 Å². The van der Waals surface area contributed by atoms with Crippen molar-refractivity contribution in [3.8, 4) is 0 Å². The highest BCUT2D eigenvalue weighted by atomic mass is 32.2. The van der Waals surface area contributed by atoms with Gasteiger partial charge in [-0.3, -0.25) is 0 Å². The Labute approximate surface area is 206 Å². The summed E-state index contributed by atoms with van der Waals surface area (Å²) in [6.45, 7) is 11.9. The lowest BCUT2D eigenvalue weighted by Crippen LogP contribution is -2.28. The van der Waals surface area contributed by atoms with Crippen molar-refractivity contribution >= 4 is 27.4 Å². The standard InChI is InChI=1S/C27H42N2O2S2/c1-6-25(26-16-13-24(14-17-26)18-22-29-20-8-9-21-29)15-12-23(3)33(30,31)28(4)19-10-11-27(7-2)32-5/h6,12-17,27H,1,7-11,18-22H2,2-5H3/b23-12+,25-15+. The van der Waals surface area contributed by atoms with E-state index >= 15 is 0 Å². The molecule has 0 saturated carbocycles. The summed E-state index contributed by atoms with van der Waals surface area (Å²) >= 11 is 1.86. The summed E-state index contributed by atoms with van der Waals surface area (Å²) in [4.78, 5) is 2.88. The van der Waals surface area contributed by atoms with Crippen molar-refractivity contribution in [1.82, 2.24) is 9.21 Å². The van der Waals surface area contributed by atoms with Crippen molar-refractivity contribution in [1.29, 1.82) is 0 Å². The van der Waals surface area contributed by atoms with E-state index < -0.39 is 10.0 Å². The first-order valence-electron chi connectivity index (χ1n) is 12.1. The van der Waals surface area contributed by atoms with E-state index in [0.717, 1.165) is 43.4 Å². The lowest BCUT2D eigenvalue weighted by molar-refractivity contribution is 0.343. The van der Waals surface area contributed by atoms with Gasteiger partial charge in [0.2, 0.25) is 10.0 Å². The Morgan fingerprint density at radius 2 is 1.88 bits per heavy atom. The molecular formula is C27H42N2O2S2. The summed E-state index contributed by atoms with van der Waals surface area (Å²) in [6, 6.07) is 8.54. The lowest BCUT2D eigenvalue weighted by atomic mass is 10.0. The fraction of sp³-hybridized carbons (Fsp3) is 0.556. The molecule has 184 valence electrons. The first-order chi connectivity index (χ1) is 15.8. The highest BCUT2D eigenvalue weighted by molar-refractivity contribution is 7.99. The van der Waals surface area contributed by atoms with Crippen LogP contribution in [0.2, 0.25) is 0 Å². The fourth-order valence-corrected chi connectivity index (χ4v) is 5.97. The average molecular weight is 491 g/mol. The van der Waals surface area contributed by atoms with Crippen molar-refractivity contribution < 1.29 is 8.42 Å². The molecule has 6 heteroatoms. The van der Waals surface area contributed by atoms with Crippen molar-refractivity contribution in [3.05, 3.63) is 65.1 Å². The zero-order valence-electron chi connectivity index (χ0n) is 20.9. The third kappa shape index (κ3) is 8.75. The number of hydrogen-bond acceptors (Lipinski definition) is 4. The van der Waals surface area contributed by atoms with E-state index in [4.69, 9.17) is 0 Å². The normalized spacial score (nSPS) is 17.0. The Morgan fingerprint density at radius 1 is 1.21 bits per heavy atom. The molecule has 1 aromatic rings. The molecule has 0 aliphatic carbocycles. The van der Waals surface area contributed by atoms with Gasteiger partial charge in [0.05, 0.1) is 4.91 Å². The zero-order valence-corrected chi connectivity index (χ0v) is 22.6. The Hall–Kier alpha value is -1.34. The van der Waals surface area contributed by atoms with Crippen LogP contribution in [0.3, 0.4) is 0 Å². The highest BCUT2D eigenvalue weighted by Gasteiger charge is 2.20. The number of rotatable bonds is 14. The van der Waals surface area contributed by atoms with Crippen LogP contribution in [-0.2, 0) is 16.4 Å². The van der Waals surface area contributed by atoms with Gasteiger partial charge in [0, 0.05) is 25.4 Å². The van der Waals surface area contributed by atoms with Crippen LogP contribution in [0.1, 0.15) is 57.1 Å². The number of sulfonamides is 1. The molecule has 0 spiro atoms. The van der Waals surface area contributed by atoms with E-state index in [9.17, 15) is 8.42 Å². The molecule has 0 radical (unpaired) electrons. The maximum atomic E-state index is 12.9. The van der Waals surface area contributed by atoms with Gasteiger partial charge in [-0.2, -0.15) is 11.8 Å². The van der Waals surface area contributed by atoms with E-state index in [0.29, 0.717) is 16.7 Å². The molecule has 0 N–H and O–H groups in total. The Kier molecular flexibility index (Phi) is 12.0. The first-order valence-corrected chi connectivity index (χ1v) is 14.9. The van der Waals surface area contributed by atoms with Crippen LogP contribution >= 0.6 is 11.8 Å². The van der Waals surface area contributed by atoms with Gasteiger partial charge in [-0.1, -0.05) is 49.9 Å². The van der Waals surface area contributed by atoms with Crippen LogP contribution in [0.15, 0.2) is 54.0 Å². The molecule has 4 nitrogen and oxygen atoms in total. The third-order valence-corrected chi connectivity index (χ3v) is 9.71. The maximum Gasteiger partial charge on any atom is 0.238 e. The Bertz CT molecular complexity index is 895. The molecule has 1 unspecified atom stereocenters. The van der Waals surface area contributed by atoms with Gasteiger partial charge in [-0.05, 0) is 87.6 Å². The van der Waals surface area contributed by atoms with Crippen molar-refractivity contribution in [2.45, 2.75) is 57.6 Å². The lowest BCUT2D eigenvalue weighted by Gasteiger charge is -2.19. The van der Waals surface area contributed by atoms with Crippen LogP contribution in [0.25, 0.3) is 5.57 Å². The summed E-state index contributed by atoms with van der Waals surface area (Å²) < 4.78 is 27.3. The average Bonchev–Trinajstić information content (AvgIpc) is 3.35. The van der Waals surface area contributed by atoms with Crippen molar-refractivity contribution in [3.63, 3.8) is 0 Å². The van der Waals surface area contributed by atoms with E-state index in [1.54, 1.807) is 26.1 Å². The fourth-order valence-electron chi connectivity index (χ4n) is 4.13. The molecule has 2 rings (SSSR count). The summed E-state index contributed by atoms with van der Waals surface area (Å²) in [5, 5.41) is 0.599. The minimum absolute atomic E-state index is 0.350. The topological polar surface area (TPSA) is 40.6 Å². The van der Waals surface area contributed by atoms with E-state index in [-0.39, 0.29) is 0 Å². The molecular weight excluding hydrogens is 448 g/mol. The summed E-state index contributed by atoms with van der Waals surface area (Å²) in [7, 11) is -1.78.